The van der Waals surface area contributed by atoms with Crippen LogP contribution in [-0.4, -0.2) is 12.1 Å². The van der Waals surface area contributed by atoms with Gasteiger partial charge in [-0.2, -0.15) is 0 Å². The van der Waals surface area contributed by atoms with Gasteiger partial charge in [-0.15, -0.1) is 0 Å². The van der Waals surface area contributed by atoms with Gasteiger partial charge in [0.2, 0.25) is 0 Å². The molecule has 21 heavy (non-hydrogen) atoms. The van der Waals surface area contributed by atoms with E-state index in [1.54, 1.807) is 12.1 Å². The molecule has 0 atom stereocenters. The third-order valence-electron chi connectivity index (χ3n) is 4.69. The molecular weight excluding hydrogens is 262 g/mol. The number of anilines is 1. The third-order valence-corrected chi connectivity index (χ3v) is 4.69. The average molecular weight is 289 g/mol. The van der Waals surface area contributed by atoms with E-state index in [2.05, 4.69) is 20.8 Å². The van der Waals surface area contributed by atoms with Crippen LogP contribution in [0.1, 0.15) is 62.4 Å². The molecule has 2 rings (SSSR count). The summed E-state index contributed by atoms with van der Waals surface area (Å²) < 4.78 is 5.64. The summed E-state index contributed by atoms with van der Waals surface area (Å²) in [5, 5.41) is 0. The highest BCUT2D eigenvalue weighted by molar-refractivity contribution is 5.90. The lowest BCUT2D eigenvalue weighted by Crippen LogP contribution is -2.30. The number of hydrogen-bond acceptors (Lipinski definition) is 3. The normalized spacial score (nSPS) is 22.9. The van der Waals surface area contributed by atoms with Gasteiger partial charge in [-0.25, -0.2) is 4.79 Å². The maximum absolute atomic E-state index is 12.2. The Morgan fingerprint density at radius 1 is 1.19 bits per heavy atom. The van der Waals surface area contributed by atoms with Crippen molar-refractivity contribution in [3.05, 3.63) is 29.3 Å². The zero-order valence-electron chi connectivity index (χ0n) is 13.6. The molecule has 0 amide bonds. The molecule has 0 aliphatic heterocycles. The van der Waals surface area contributed by atoms with E-state index >= 15 is 0 Å². The number of carbonyl (C=O) groups excluding carboxylic acids is 1. The summed E-state index contributed by atoms with van der Waals surface area (Å²) in [6, 6.07) is 5.36. The summed E-state index contributed by atoms with van der Waals surface area (Å²) in [5.41, 5.74) is 8.37. The van der Waals surface area contributed by atoms with Gasteiger partial charge in [0.15, 0.2) is 0 Å². The Labute approximate surface area is 127 Å². The highest BCUT2D eigenvalue weighted by Gasteiger charge is 2.31. The fourth-order valence-electron chi connectivity index (χ4n) is 3.03. The fourth-order valence-corrected chi connectivity index (χ4v) is 3.03. The molecule has 1 saturated carbocycles. The van der Waals surface area contributed by atoms with E-state index in [4.69, 9.17) is 10.5 Å². The highest BCUT2D eigenvalue weighted by Crippen LogP contribution is 2.38. The van der Waals surface area contributed by atoms with Crippen molar-refractivity contribution in [2.24, 2.45) is 11.3 Å². The monoisotopic (exact) mass is 289 g/mol. The van der Waals surface area contributed by atoms with Crippen LogP contribution in [-0.2, 0) is 4.74 Å². The van der Waals surface area contributed by atoms with Crippen LogP contribution < -0.4 is 5.73 Å². The van der Waals surface area contributed by atoms with Crippen molar-refractivity contribution < 1.29 is 9.53 Å². The second-order valence-electron chi connectivity index (χ2n) is 7.32. The molecule has 1 aromatic carbocycles. The van der Waals surface area contributed by atoms with E-state index in [-0.39, 0.29) is 12.1 Å². The lowest BCUT2D eigenvalue weighted by atomic mass is 9.72. The third kappa shape index (κ3) is 3.99. The van der Waals surface area contributed by atoms with Crippen molar-refractivity contribution in [3.8, 4) is 0 Å². The highest BCUT2D eigenvalue weighted by atomic mass is 16.5. The number of esters is 1. The smallest absolute Gasteiger partial charge is 0.338 e. The fraction of sp³-hybridized carbons (Fsp3) is 0.611. The minimum Gasteiger partial charge on any atom is -0.459 e. The van der Waals surface area contributed by atoms with Crippen LogP contribution in [0.2, 0.25) is 0 Å². The summed E-state index contributed by atoms with van der Waals surface area (Å²) >= 11 is 0. The maximum Gasteiger partial charge on any atom is 0.338 e. The molecule has 1 aliphatic rings. The molecule has 0 aromatic heterocycles. The summed E-state index contributed by atoms with van der Waals surface area (Å²) in [6.07, 6.45) is 4.26. The Bertz CT molecular complexity index is 508. The summed E-state index contributed by atoms with van der Waals surface area (Å²) in [6.45, 7) is 8.80. The van der Waals surface area contributed by atoms with Crippen LogP contribution in [0.3, 0.4) is 0 Å². The molecule has 0 heterocycles. The SMILES string of the molecule is Cc1ccc(C(=O)OC2CCC(C(C)(C)C)CC2)cc1N. The van der Waals surface area contributed by atoms with Crippen molar-refractivity contribution in [2.75, 3.05) is 5.73 Å². The topological polar surface area (TPSA) is 52.3 Å². The zero-order chi connectivity index (χ0) is 15.6. The number of benzene rings is 1. The largest absolute Gasteiger partial charge is 0.459 e. The molecule has 0 bridgehead atoms. The van der Waals surface area contributed by atoms with Gasteiger partial charge in [0.1, 0.15) is 6.10 Å². The first-order chi connectivity index (χ1) is 9.77. The predicted octanol–water partition coefficient (Wildman–Crippen LogP) is 4.34. The Balaban J connectivity index is 1.91. The second-order valence-corrected chi connectivity index (χ2v) is 7.32. The van der Waals surface area contributed by atoms with Gasteiger partial charge in [0, 0.05) is 5.69 Å². The van der Waals surface area contributed by atoms with Crippen molar-refractivity contribution >= 4 is 11.7 Å². The van der Waals surface area contributed by atoms with Crippen LogP contribution in [0.25, 0.3) is 0 Å². The van der Waals surface area contributed by atoms with Gasteiger partial charge in [-0.1, -0.05) is 26.8 Å². The van der Waals surface area contributed by atoms with Crippen molar-refractivity contribution in [1.82, 2.24) is 0 Å². The summed E-state index contributed by atoms with van der Waals surface area (Å²) in [7, 11) is 0. The van der Waals surface area contributed by atoms with Crippen LogP contribution in [0.15, 0.2) is 18.2 Å². The Morgan fingerprint density at radius 2 is 1.81 bits per heavy atom. The Morgan fingerprint density at radius 3 is 2.33 bits per heavy atom. The molecule has 0 radical (unpaired) electrons. The molecule has 3 nitrogen and oxygen atoms in total. The molecule has 0 saturated heterocycles. The summed E-state index contributed by atoms with van der Waals surface area (Å²) in [4.78, 5) is 12.2. The van der Waals surface area contributed by atoms with Gasteiger partial charge in [0.05, 0.1) is 5.56 Å². The molecule has 1 aliphatic carbocycles. The predicted molar refractivity (Wildman–Crippen MR) is 86.2 cm³/mol. The maximum atomic E-state index is 12.2. The zero-order valence-corrected chi connectivity index (χ0v) is 13.6. The number of nitrogen functional groups attached to an aromatic ring is 1. The number of hydrogen-bond donors (Lipinski definition) is 1. The van der Waals surface area contributed by atoms with E-state index in [1.165, 1.54) is 0 Å². The molecule has 116 valence electrons. The van der Waals surface area contributed by atoms with Gasteiger partial charge < -0.3 is 10.5 Å². The minimum absolute atomic E-state index is 0.0543. The minimum atomic E-state index is -0.249. The molecular formula is C18H27NO2. The van der Waals surface area contributed by atoms with E-state index in [0.29, 0.717) is 16.7 Å². The van der Waals surface area contributed by atoms with Gasteiger partial charge in [0.25, 0.3) is 0 Å². The Hall–Kier alpha value is -1.51. The lowest BCUT2D eigenvalue weighted by molar-refractivity contribution is 0.00930. The van der Waals surface area contributed by atoms with Crippen molar-refractivity contribution in [1.29, 1.82) is 0 Å². The van der Waals surface area contributed by atoms with Crippen molar-refractivity contribution in [2.45, 2.75) is 59.5 Å². The van der Waals surface area contributed by atoms with Crippen LogP contribution >= 0.6 is 0 Å². The number of nitrogens with two attached hydrogens (primary N) is 1. The van der Waals surface area contributed by atoms with E-state index in [1.807, 2.05) is 13.0 Å². The van der Waals surface area contributed by atoms with Crippen molar-refractivity contribution in [3.63, 3.8) is 0 Å². The second kappa shape index (κ2) is 6.08. The molecule has 2 N–H and O–H groups in total. The quantitative estimate of drug-likeness (QED) is 0.651. The molecule has 3 heteroatoms. The van der Waals surface area contributed by atoms with E-state index < -0.39 is 0 Å². The number of ether oxygens (including phenoxy) is 1. The van der Waals surface area contributed by atoms with Crippen LogP contribution in [0.5, 0.6) is 0 Å². The van der Waals surface area contributed by atoms with Gasteiger partial charge in [-0.05, 0) is 61.6 Å². The molecule has 0 unspecified atom stereocenters. The standard InChI is InChI=1S/C18H27NO2/c1-12-5-6-13(11-16(12)19)17(20)21-15-9-7-14(8-10-15)18(2,3)4/h5-6,11,14-15H,7-10,19H2,1-4H3. The van der Waals surface area contributed by atoms with E-state index in [0.717, 1.165) is 37.2 Å². The first kappa shape index (κ1) is 15.9. The average Bonchev–Trinajstić information content (AvgIpc) is 2.41. The van der Waals surface area contributed by atoms with E-state index in [9.17, 15) is 4.79 Å². The Kier molecular flexibility index (Phi) is 4.60. The van der Waals surface area contributed by atoms with Gasteiger partial charge in [-0.3, -0.25) is 0 Å². The number of carbonyl (C=O) groups is 1. The lowest BCUT2D eigenvalue weighted by Gasteiger charge is -2.36. The molecule has 1 fully saturated rings. The molecule has 0 spiro atoms. The number of aryl methyl sites for hydroxylation is 1. The van der Waals surface area contributed by atoms with Gasteiger partial charge >= 0.3 is 5.97 Å². The molecule has 1 aromatic rings. The summed E-state index contributed by atoms with van der Waals surface area (Å²) in [5.74, 6) is 0.475. The first-order valence-corrected chi connectivity index (χ1v) is 7.84. The number of rotatable bonds is 2. The van der Waals surface area contributed by atoms with Crippen LogP contribution in [0, 0.1) is 18.3 Å². The van der Waals surface area contributed by atoms with Crippen LogP contribution in [0.4, 0.5) is 5.69 Å². The first-order valence-electron chi connectivity index (χ1n) is 7.84.